The Labute approximate surface area is 232 Å². The summed E-state index contributed by atoms with van der Waals surface area (Å²) in [5.41, 5.74) is 9.51. The van der Waals surface area contributed by atoms with Crippen molar-refractivity contribution in [2.75, 3.05) is 0 Å². The molecule has 7 aromatic rings. The number of nitrogens with zero attached hydrogens (tertiary/aromatic N) is 3. The number of benzene rings is 5. The van der Waals surface area contributed by atoms with Crippen LogP contribution < -0.4 is 0 Å². The van der Waals surface area contributed by atoms with E-state index in [1.54, 1.807) is 0 Å². The Bertz CT molecular complexity index is 2090. The van der Waals surface area contributed by atoms with E-state index in [0.717, 1.165) is 38.6 Å². The van der Waals surface area contributed by atoms with Gasteiger partial charge < -0.3 is 4.42 Å². The lowest BCUT2D eigenvalue weighted by atomic mass is 9.82. The number of hydrogen-bond acceptors (Lipinski definition) is 4. The molecule has 8 rings (SSSR count). The Morgan fingerprint density at radius 2 is 1.15 bits per heavy atom. The van der Waals surface area contributed by atoms with Crippen molar-refractivity contribution in [1.82, 2.24) is 15.0 Å². The van der Waals surface area contributed by atoms with Gasteiger partial charge in [-0.1, -0.05) is 111 Å². The van der Waals surface area contributed by atoms with E-state index in [0.29, 0.717) is 17.5 Å². The third-order valence-electron chi connectivity index (χ3n) is 8.15. The summed E-state index contributed by atoms with van der Waals surface area (Å²) in [6.45, 7) is 4.58. The summed E-state index contributed by atoms with van der Waals surface area (Å²) in [5, 5.41) is 2.13. The fourth-order valence-electron chi connectivity index (χ4n) is 6.12. The minimum absolute atomic E-state index is 0.0547. The van der Waals surface area contributed by atoms with Gasteiger partial charge in [0.25, 0.3) is 0 Å². The molecule has 0 saturated carbocycles. The number of rotatable bonds is 3. The molecule has 0 N–H and O–H groups in total. The van der Waals surface area contributed by atoms with Gasteiger partial charge in [-0.15, -0.1) is 0 Å². The maximum Gasteiger partial charge on any atom is 0.167 e. The molecule has 0 radical (unpaired) electrons. The van der Waals surface area contributed by atoms with Crippen LogP contribution in [-0.4, -0.2) is 15.0 Å². The van der Waals surface area contributed by atoms with E-state index in [-0.39, 0.29) is 5.41 Å². The zero-order valence-electron chi connectivity index (χ0n) is 22.2. The van der Waals surface area contributed by atoms with E-state index >= 15 is 0 Å². The highest BCUT2D eigenvalue weighted by molar-refractivity contribution is 6.09. The number of aromatic nitrogens is 3. The highest BCUT2D eigenvalue weighted by Gasteiger charge is 2.35. The maximum atomic E-state index is 6.35. The molecule has 190 valence electrons. The zero-order valence-corrected chi connectivity index (χ0v) is 22.2. The summed E-state index contributed by atoms with van der Waals surface area (Å²) in [4.78, 5) is 15.0. The third-order valence-corrected chi connectivity index (χ3v) is 8.15. The second kappa shape index (κ2) is 8.45. The summed E-state index contributed by atoms with van der Waals surface area (Å²) in [7, 11) is 0. The van der Waals surface area contributed by atoms with Gasteiger partial charge in [0.05, 0.1) is 5.56 Å². The van der Waals surface area contributed by atoms with Crippen molar-refractivity contribution in [2.24, 2.45) is 0 Å². The highest BCUT2D eigenvalue weighted by atomic mass is 16.3. The average Bonchev–Trinajstić information content (AvgIpc) is 3.50. The van der Waals surface area contributed by atoms with Crippen molar-refractivity contribution >= 4 is 21.9 Å². The predicted octanol–water partition coefficient (Wildman–Crippen LogP) is 9.08. The van der Waals surface area contributed by atoms with Gasteiger partial charge in [0, 0.05) is 27.3 Å². The fourth-order valence-corrected chi connectivity index (χ4v) is 6.12. The maximum absolute atomic E-state index is 6.35. The smallest absolute Gasteiger partial charge is 0.167 e. The molecule has 0 aliphatic heterocycles. The van der Waals surface area contributed by atoms with Crippen LogP contribution in [0, 0.1) is 0 Å². The Morgan fingerprint density at radius 3 is 2.02 bits per heavy atom. The topological polar surface area (TPSA) is 51.8 Å². The molecular formula is C36H25N3O. The van der Waals surface area contributed by atoms with Crippen LogP contribution in [0.2, 0.25) is 0 Å². The Balaban J connectivity index is 1.36. The van der Waals surface area contributed by atoms with E-state index in [1.165, 1.54) is 22.3 Å². The first-order valence-corrected chi connectivity index (χ1v) is 13.5. The Morgan fingerprint density at radius 1 is 0.500 bits per heavy atom. The van der Waals surface area contributed by atoms with E-state index in [9.17, 15) is 0 Å². The summed E-state index contributed by atoms with van der Waals surface area (Å²) < 4.78 is 6.35. The Kier molecular flexibility index (Phi) is 4.83. The van der Waals surface area contributed by atoms with Gasteiger partial charge in [0.1, 0.15) is 11.2 Å². The lowest BCUT2D eigenvalue weighted by molar-refractivity contribution is 0.660. The van der Waals surface area contributed by atoms with Crippen molar-refractivity contribution in [3.8, 4) is 45.3 Å². The molecule has 40 heavy (non-hydrogen) atoms. The molecule has 2 aromatic heterocycles. The molecule has 0 unspecified atom stereocenters. The van der Waals surface area contributed by atoms with Crippen molar-refractivity contribution < 1.29 is 4.42 Å². The minimum Gasteiger partial charge on any atom is -0.455 e. The van der Waals surface area contributed by atoms with E-state index < -0.39 is 0 Å². The van der Waals surface area contributed by atoms with Crippen molar-refractivity contribution in [3.05, 3.63) is 126 Å². The molecule has 0 amide bonds. The Hall–Kier alpha value is -5.09. The molecule has 0 fully saturated rings. The molecule has 0 atom stereocenters. The molecule has 1 aliphatic carbocycles. The van der Waals surface area contributed by atoms with E-state index in [2.05, 4.69) is 68.4 Å². The number of fused-ring (bicyclic) bond motifs is 6. The van der Waals surface area contributed by atoms with Crippen LogP contribution in [0.3, 0.4) is 0 Å². The van der Waals surface area contributed by atoms with Crippen LogP contribution >= 0.6 is 0 Å². The zero-order chi connectivity index (χ0) is 26.8. The van der Waals surface area contributed by atoms with Gasteiger partial charge in [-0.3, -0.25) is 0 Å². The molecule has 1 aliphatic rings. The van der Waals surface area contributed by atoms with Gasteiger partial charge in [-0.2, -0.15) is 0 Å². The van der Waals surface area contributed by atoms with Crippen LogP contribution in [0.15, 0.2) is 120 Å². The number of para-hydroxylation sites is 2. The van der Waals surface area contributed by atoms with Crippen LogP contribution in [0.1, 0.15) is 25.0 Å². The summed E-state index contributed by atoms with van der Waals surface area (Å²) in [6.07, 6.45) is 0. The van der Waals surface area contributed by atoms with Crippen LogP contribution in [0.25, 0.3) is 67.2 Å². The fraction of sp³-hybridized carbons (Fsp3) is 0.0833. The molecule has 5 aromatic carbocycles. The lowest BCUT2D eigenvalue weighted by Gasteiger charge is -2.21. The third kappa shape index (κ3) is 3.36. The SMILES string of the molecule is CC1(C)c2ccccc2-c2cc(-c3nc(-c4ccccc4)nc(-c4cccc5c4oc4ccccc45)n3)ccc21. The summed E-state index contributed by atoms with van der Waals surface area (Å²) >= 11 is 0. The number of hydrogen-bond donors (Lipinski definition) is 0. The highest BCUT2D eigenvalue weighted by Crippen LogP contribution is 2.49. The van der Waals surface area contributed by atoms with Crippen LogP contribution in [0.4, 0.5) is 0 Å². The average molecular weight is 516 g/mol. The predicted molar refractivity (Wildman–Crippen MR) is 161 cm³/mol. The van der Waals surface area contributed by atoms with E-state index in [4.69, 9.17) is 19.4 Å². The number of furan rings is 1. The van der Waals surface area contributed by atoms with Gasteiger partial charge in [0.15, 0.2) is 17.5 Å². The molecule has 0 bridgehead atoms. The standard InChI is InChI=1S/C36H25N3O/c1-36(2)29-17-8-6-13-24(29)28-21-23(19-20-30(28)36)34-37-33(22-11-4-3-5-12-22)38-35(39-34)27-16-10-15-26-25-14-7-9-18-31(25)40-32(26)27/h3-21H,1-2H3. The lowest BCUT2D eigenvalue weighted by Crippen LogP contribution is -2.14. The molecule has 0 saturated heterocycles. The first kappa shape index (κ1) is 22.9. The van der Waals surface area contributed by atoms with Gasteiger partial charge in [-0.05, 0) is 40.5 Å². The molecular weight excluding hydrogens is 490 g/mol. The summed E-state index contributed by atoms with van der Waals surface area (Å²) in [6, 6.07) is 39.6. The van der Waals surface area contributed by atoms with Crippen LogP contribution in [-0.2, 0) is 5.41 Å². The second-order valence-electron chi connectivity index (χ2n) is 10.9. The molecule has 0 spiro atoms. The first-order chi connectivity index (χ1) is 19.6. The van der Waals surface area contributed by atoms with Crippen molar-refractivity contribution in [2.45, 2.75) is 19.3 Å². The molecule has 2 heterocycles. The van der Waals surface area contributed by atoms with Gasteiger partial charge in [-0.25, -0.2) is 15.0 Å². The molecule has 4 nitrogen and oxygen atoms in total. The summed E-state index contributed by atoms with van der Waals surface area (Å²) in [5.74, 6) is 1.87. The van der Waals surface area contributed by atoms with Gasteiger partial charge >= 0.3 is 0 Å². The van der Waals surface area contributed by atoms with E-state index in [1.807, 2.05) is 60.7 Å². The normalized spacial score (nSPS) is 13.4. The van der Waals surface area contributed by atoms with Crippen molar-refractivity contribution in [3.63, 3.8) is 0 Å². The first-order valence-electron chi connectivity index (χ1n) is 13.5. The van der Waals surface area contributed by atoms with Gasteiger partial charge in [0.2, 0.25) is 0 Å². The monoisotopic (exact) mass is 515 g/mol. The largest absolute Gasteiger partial charge is 0.455 e. The second-order valence-corrected chi connectivity index (χ2v) is 10.9. The molecule has 4 heteroatoms. The van der Waals surface area contributed by atoms with Crippen molar-refractivity contribution in [1.29, 1.82) is 0 Å². The minimum atomic E-state index is -0.0547. The van der Waals surface area contributed by atoms with Crippen LogP contribution in [0.5, 0.6) is 0 Å². The quantitative estimate of drug-likeness (QED) is 0.235.